The lowest BCUT2D eigenvalue weighted by molar-refractivity contribution is -0.390. The molecule has 4 aliphatic carbocycles. The molecule has 1 aromatic rings. The first-order valence-corrected chi connectivity index (χ1v) is 12.4. The van der Waals surface area contributed by atoms with E-state index in [1.54, 1.807) is 26.8 Å². The predicted octanol–water partition coefficient (Wildman–Crippen LogP) is -0.188. The second-order valence-electron chi connectivity index (χ2n) is 12.4. The minimum Gasteiger partial charge on any atom is -0.451 e. The third kappa shape index (κ3) is 1.74. The van der Waals surface area contributed by atoms with Gasteiger partial charge in [0.05, 0.1) is 11.5 Å². The van der Waals surface area contributed by atoms with Crippen LogP contribution in [0.25, 0.3) is 0 Å². The Morgan fingerprint density at radius 3 is 2.43 bits per heavy atom. The van der Waals surface area contributed by atoms with Gasteiger partial charge in [-0.05, 0) is 43.7 Å². The van der Waals surface area contributed by atoms with E-state index in [0.717, 1.165) is 0 Å². The highest BCUT2D eigenvalue weighted by atomic mass is 16.7. The molecule has 6 aliphatic rings. The Morgan fingerprint density at radius 1 is 1.20 bits per heavy atom. The van der Waals surface area contributed by atoms with Crippen LogP contribution in [0.2, 0.25) is 0 Å². The lowest BCUT2D eigenvalue weighted by atomic mass is 9.52. The van der Waals surface area contributed by atoms with Crippen LogP contribution in [-0.2, 0) is 9.47 Å². The quantitative estimate of drug-likeness (QED) is 0.282. The van der Waals surface area contributed by atoms with Gasteiger partial charge in [-0.3, -0.25) is 0 Å². The SMILES string of the molecule is CC(C)[C@@]1(O)[C@@H](OC(=O)c2ccc[nH]2)[C@@]2(O)[C@@]3(C)C[C@]4(O)O[C@@]5([C@H](O)[C@@H](C)CC[C@@]35O)[C@@]2(O)[C@]14C. The average molecular weight is 494 g/mol. The minimum absolute atomic E-state index is 0.0654. The van der Waals surface area contributed by atoms with E-state index in [9.17, 15) is 35.4 Å². The number of carbonyl (C=O) groups excluding carboxylic acids is 1. The fraction of sp³-hybridized carbons (Fsp3) is 0.800. The van der Waals surface area contributed by atoms with Gasteiger partial charge in [0, 0.05) is 18.0 Å². The summed E-state index contributed by atoms with van der Waals surface area (Å²) in [6.45, 7) is 7.91. The van der Waals surface area contributed by atoms with E-state index in [1.807, 2.05) is 0 Å². The summed E-state index contributed by atoms with van der Waals surface area (Å²) in [6.07, 6.45) is -1.63. The van der Waals surface area contributed by atoms with Gasteiger partial charge < -0.3 is 45.1 Å². The van der Waals surface area contributed by atoms with Crippen LogP contribution in [0.15, 0.2) is 18.3 Å². The predicted molar refractivity (Wildman–Crippen MR) is 119 cm³/mol. The molecule has 6 fully saturated rings. The van der Waals surface area contributed by atoms with E-state index in [0.29, 0.717) is 6.42 Å². The Kier molecular flexibility index (Phi) is 4.06. The largest absolute Gasteiger partial charge is 0.451 e. The standard InChI is InChI=1S/C25H35NO9/c1-12(2)22(31)17(34-16(28)14-7-6-10-26-14)23(32)18(4)11-21(30)19(22,5)25(23,33)24(35-21)15(27)13(3)8-9-20(18,24)29/h6-7,10,12-13,15,17,26-27,29-33H,8-9,11H2,1-5H3/t13-,15+,17+,18-,19-,20+,21-,22+,23+,24+,25+/m0/s1. The summed E-state index contributed by atoms with van der Waals surface area (Å²) in [4.78, 5) is 15.9. The van der Waals surface area contributed by atoms with E-state index in [2.05, 4.69) is 4.98 Å². The van der Waals surface area contributed by atoms with Crippen LogP contribution in [0.3, 0.4) is 0 Å². The molecule has 2 aliphatic heterocycles. The molecule has 194 valence electrons. The first kappa shape index (κ1) is 23.8. The lowest BCUT2D eigenvalue weighted by Gasteiger charge is -2.60. The van der Waals surface area contributed by atoms with Crippen molar-refractivity contribution in [3.05, 3.63) is 24.0 Å². The molecule has 10 nitrogen and oxygen atoms in total. The smallest absolute Gasteiger partial charge is 0.355 e. The monoisotopic (exact) mass is 493 g/mol. The molecular weight excluding hydrogens is 458 g/mol. The number of hydrogen-bond acceptors (Lipinski definition) is 9. The molecule has 11 atom stereocenters. The molecule has 1 aromatic heterocycles. The number of H-pyrrole nitrogens is 1. The molecular formula is C25H35NO9. The minimum atomic E-state index is -2.59. The third-order valence-corrected chi connectivity index (χ3v) is 11.3. The molecule has 3 heterocycles. The van der Waals surface area contributed by atoms with Crippen molar-refractivity contribution in [3.63, 3.8) is 0 Å². The van der Waals surface area contributed by atoms with Gasteiger partial charge in [-0.1, -0.05) is 27.7 Å². The number of aliphatic hydroxyl groups excluding tert-OH is 1. The molecule has 1 spiro atoms. The highest BCUT2D eigenvalue weighted by Crippen LogP contribution is 2.90. The molecule has 6 bridgehead atoms. The van der Waals surface area contributed by atoms with Crippen molar-refractivity contribution in [1.82, 2.24) is 4.98 Å². The van der Waals surface area contributed by atoms with Gasteiger partial charge in [-0.2, -0.15) is 0 Å². The van der Waals surface area contributed by atoms with Crippen LogP contribution in [0.1, 0.15) is 64.4 Å². The number of hydrogen-bond donors (Lipinski definition) is 7. The Labute approximate surface area is 202 Å². The zero-order valence-corrected chi connectivity index (χ0v) is 20.6. The van der Waals surface area contributed by atoms with Gasteiger partial charge >= 0.3 is 5.97 Å². The average Bonchev–Trinajstić information content (AvgIpc) is 3.41. The number of aliphatic hydroxyl groups is 6. The van der Waals surface area contributed by atoms with Crippen LogP contribution < -0.4 is 0 Å². The van der Waals surface area contributed by atoms with Crippen molar-refractivity contribution in [2.75, 3.05) is 0 Å². The summed E-state index contributed by atoms with van der Waals surface area (Å²) in [6, 6.07) is 3.06. The maximum absolute atomic E-state index is 13.2. The summed E-state index contributed by atoms with van der Waals surface area (Å²) in [7, 11) is 0. The first-order valence-electron chi connectivity index (χ1n) is 12.4. The van der Waals surface area contributed by atoms with Crippen LogP contribution in [0.4, 0.5) is 0 Å². The van der Waals surface area contributed by atoms with Gasteiger partial charge in [-0.15, -0.1) is 0 Å². The van der Waals surface area contributed by atoms with E-state index in [-0.39, 0.29) is 18.5 Å². The van der Waals surface area contributed by atoms with Gasteiger partial charge in [0.15, 0.2) is 17.5 Å². The number of nitrogens with one attached hydrogen (secondary N) is 1. The van der Waals surface area contributed by atoms with Crippen LogP contribution in [-0.4, -0.2) is 87.6 Å². The zero-order chi connectivity index (χ0) is 25.8. The van der Waals surface area contributed by atoms with Gasteiger partial charge in [0.2, 0.25) is 0 Å². The van der Waals surface area contributed by atoms with Gasteiger partial charge in [0.25, 0.3) is 0 Å². The molecule has 4 saturated carbocycles. The molecule has 35 heavy (non-hydrogen) atoms. The fourth-order valence-electron chi connectivity index (χ4n) is 9.56. The fourth-order valence-corrected chi connectivity index (χ4v) is 9.56. The number of carbonyl (C=O) groups is 1. The van der Waals surface area contributed by atoms with Crippen LogP contribution >= 0.6 is 0 Å². The second-order valence-corrected chi connectivity index (χ2v) is 12.4. The van der Waals surface area contributed by atoms with E-state index >= 15 is 0 Å². The lowest BCUT2D eigenvalue weighted by Crippen LogP contribution is -2.75. The summed E-state index contributed by atoms with van der Waals surface area (Å²) in [5.41, 5.74) is -15.2. The number of esters is 1. The molecule has 10 heteroatoms. The molecule has 7 rings (SSSR count). The van der Waals surface area contributed by atoms with Gasteiger partial charge in [-0.25, -0.2) is 4.79 Å². The highest BCUT2D eigenvalue weighted by molar-refractivity contribution is 5.87. The normalized spacial score (nSPS) is 59.8. The molecule has 0 radical (unpaired) electrons. The molecule has 0 aromatic carbocycles. The maximum atomic E-state index is 13.2. The number of aromatic amines is 1. The van der Waals surface area contributed by atoms with Gasteiger partial charge in [0.1, 0.15) is 28.1 Å². The summed E-state index contributed by atoms with van der Waals surface area (Å²) < 4.78 is 12.1. The Hall–Kier alpha value is -1.53. The van der Waals surface area contributed by atoms with E-state index in [1.165, 1.54) is 26.1 Å². The maximum Gasteiger partial charge on any atom is 0.355 e. The summed E-state index contributed by atoms with van der Waals surface area (Å²) in [5, 5.41) is 73.9. The Balaban J connectivity index is 1.69. The highest BCUT2D eigenvalue weighted by Gasteiger charge is 3.10. The van der Waals surface area contributed by atoms with Crippen molar-refractivity contribution in [3.8, 4) is 0 Å². The topological polar surface area (TPSA) is 173 Å². The third-order valence-electron chi connectivity index (χ3n) is 11.3. The Morgan fingerprint density at radius 2 is 1.86 bits per heavy atom. The Bertz CT molecular complexity index is 1130. The van der Waals surface area contributed by atoms with Crippen molar-refractivity contribution in [2.24, 2.45) is 22.7 Å². The number of ether oxygens (including phenoxy) is 2. The van der Waals surface area contributed by atoms with Crippen LogP contribution in [0, 0.1) is 22.7 Å². The first-order chi connectivity index (χ1) is 16.0. The van der Waals surface area contributed by atoms with Crippen molar-refractivity contribution in [1.29, 1.82) is 0 Å². The number of rotatable bonds is 3. The summed E-state index contributed by atoms with van der Waals surface area (Å²) >= 11 is 0. The van der Waals surface area contributed by atoms with Crippen molar-refractivity contribution in [2.45, 2.75) is 99.9 Å². The van der Waals surface area contributed by atoms with E-state index < -0.39 is 74.6 Å². The molecule has 7 N–H and O–H groups in total. The molecule has 0 amide bonds. The zero-order valence-electron chi connectivity index (χ0n) is 20.6. The van der Waals surface area contributed by atoms with E-state index in [4.69, 9.17) is 9.47 Å². The summed E-state index contributed by atoms with van der Waals surface area (Å²) in [5.74, 6) is -4.34. The number of aromatic nitrogens is 1. The van der Waals surface area contributed by atoms with Crippen LogP contribution in [0.5, 0.6) is 0 Å². The second kappa shape index (κ2) is 5.96. The van der Waals surface area contributed by atoms with Crippen molar-refractivity contribution < 1.29 is 44.9 Å². The molecule has 2 saturated heterocycles. The molecule has 0 unspecified atom stereocenters. The van der Waals surface area contributed by atoms with Crippen molar-refractivity contribution >= 4 is 5.97 Å².